The Labute approximate surface area is 167 Å². The fraction of sp³-hybridized carbons (Fsp3) is 0.190. The maximum Gasteiger partial charge on any atom is 0.257 e. The summed E-state index contributed by atoms with van der Waals surface area (Å²) in [7, 11) is 1.78. The SMILES string of the molecule is CCOc1ccccc1CN(C)C(=O)c1cnn(-c2nc3ccccc3s2)c1. The van der Waals surface area contributed by atoms with Crippen LogP contribution in [0.25, 0.3) is 15.3 Å². The van der Waals surface area contributed by atoms with Crippen molar-refractivity contribution in [2.45, 2.75) is 13.5 Å². The summed E-state index contributed by atoms with van der Waals surface area (Å²) in [5.41, 5.74) is 2.42. The van der Waals surface area contributed by atoms with Crippen molar-refractivity contribution in [3.8, 4) is 10.9 Å². The molecule has 0 fully saturated rings. The standard InChI is InChI=1S/C21H20N4O2S/c1-3-27-18-10-6-4-8-15(18)13-24(2)20(26)16-12-22-25(14-16)21-23-17-9-5-7-11-19(17)28-21/h4-12,14H,3,13H2,1-2H3. The molecule has 0 N–H and O–H groups in total. The summed E-state index contributed by atoms with van der Waals surface area (Å²) in [5, 5.41) is 5.07. The molecule has 0 aliphatic rings. The van der Waals surface area contributed by atoms with Crippen molar-refractivity contribution < 1.29 is 9.53 Å². The van der Waals surface area contributed by atoms with Crippen LogP contribution in [0.5, 0.6) is 5.75 Å². The molecule has 28 heavy (non-hydrogen) atoms. The number of para-hydroxylation sites is 2. The van der Waals surface area contributed by atoms with Crippen LogP contribution in [0.3, 0.4) is 0 Å². The Balaban J connectivity index is 1.52. The van der Waals surface area contributed by atoms with Gasteiger partial charge in [0.05, 0.1) is 28.6 Å². The maximum absolute atomic E-state index is 12.8. The third-order valence-electron chi connectivity index (χ3n) is 4.33. The van der Waals surface area contributed by atoms with Crippen molar-refractivity contribution in [2.24, 2.45) is 0 Å². The van der Waals surface area contributed by atoms with Crippen LogP contribution in [0.2, 0.25) is 0 Å². The third-order valence-corrected chi connectivity index (χ3v) is 5.36. The van der Waals surface area contributed by atoms with Crippen LogP contribution in [0.15, 0.2) is 60.9 Å². The first kappa shape index (κ1) is 18.2. The average molecular weight is 392 g/mol. The van der Waals surface area contributed by atoms with E-state index >= 15 is 0 Å². The fourth-order valence-electron chi connectivity index (χ4n) is 2.97. The maximum atomic E-state index is 12.8. The molecule has 4 rings (SSSR count). The van der Waals surface area contributed by atoms with E-state index in [0.717, 1.165) is 26.7 Å². The van der Waals surface area contributed by atoms with Gasteiger partial charge in [-0.1, -0.05) is 41.7 Å². The van der Waals surface area contributed by atoms with Gasteiger partial charge in [0.2, 0.25) is 5.13 Å². The summed E-state index contributed by atoms with van der Waals surface area (Å²) in [5.74, 6) is 0.702. The zero-order valence-electron chi connectivity index (χ0n) is 15.7. The molecule has 4 aromatic rings. The summed E-state index contributed by atoms with van der Waals surface area (Å²) in [6, 6.07) is 15.7. The van der Waals surface area contributed by atoms with Crippen molar-refractivity contribution in [1.29, 1.82) is 0 Å². The highest BCUT2D eigenvalue weighted by atomic mass is 32.1. The van der Waals surface area contributed by atoms with Crippen molar-refractivity contribution >= 4 is 27.5 Å². The summed E-state index contributed by atoms with van der Waals surface area (Å²) in [6.45, 7) is 2.99. The van der Waals surface area contributed by atoms with Crippen LogP contribution < -0.4 is 4.74 Å². The number of amides is 1. The summed E-state index contributed by atoms with van der Waals surface area (Å²) in [4.78, 5) is 19.1. The number of fused-ring (bicyclic) bond motifs is 1. The zero-order chi connectivity index (χ0) is 19.5. The van der Waals surface area contributed by atoms with Gasteiger partial charge in [-0.15, -0.1) is 0 Å². The normalized spacial score (nSPS) is 10.9. The summed E-state index contributed by atoms with van der Waals surface area (Å²) >= 11 is 1.54. The number of carbonyl (C=O) groups excluding carboxylic acids is 1. The molecule has 0 aliphatic heterocycles. The Hall–Kier alpha value is -3.19. The molecule has 0 atom stereocenters. The molecule has 2 aromatic carbocycles. The number of ether oxygens (including phenoxy) is 1. The minimum atomic E-state index is -0.0985. The van der Waals surface area contributed by atoms with Crippen LogP contribution in [0, 0.1) is 0 Å². The topological polar surface area (TPSA) is 60.2 Å². The molecular weight excluding hydrogens is 372 g/mol. The van der Waals surface area contributed by atoms with E-state index in [1.165, 1.54) is 0 Å². The minimum absolute atomic E-state index is 0.0985. The monoisotopic (exact) mass is 392 g/mol. The van der Waals surface area contributed by atoms with Gasteiger partial charge in [0.15, 0.2) is 0 Å². The van der Waals surface area contributed by atoms with E-state index in [4.69, 9.17) is 4.74 Å². The molecule has 0 radical (unpaired) electrons. The largest absolute Gasteiger partial charge is 0.494 e. The lowest BCUT2D eigenvalue weighted by Gasteiger charge is -2.18. The predicted octanol–water partition coefficient (Wildman–Crippen LogP) is 4.15. The van der Waals surface area contributed by atoms with E-state index < -0.39 is 0 Å². The smallest absolute Gasteiger partial charge is 0.257 e. The molecular formula is C21H20N4O2S. The first-order chi connectivity index (χ1) is 13.7. The van der Waals surface area contributed by atoms with Gasteiger partial charge in [0.1, 0.15) is 5.75 Å². The van der Waals surface area contributed by atoms with E-state index in [2.05, 4.69) is 10.1 Å². The molecule has 1 amide bonds. The molecule has 6 nitrogen and oxygen atoms in total. The molecule has 0 aliphatic carbocycles. The lowest BCUT2D eigenvalue weighted by atomic mass is 10.2. The van der Waals surface area contributed by atoms with Crippen LogP contribution in [-0.4, -0.2) is 39.2 Å². The number of carbonyl (C=O) groups is 1. The van der Waals surface area contributed by atoms with Crippen molar-refractivity contribution in [3.05, 3.63) is 72.1 Å². The second-order valence-electron chi connectivity index (χ2n) is 6.34. The van der Waals surface area contributed by atoms with E-state index in [0.29, 0.717) is 18.7 Å². The molecule has 142 valence electrons. The Bertz CT molecular complexity index is 1090. The molecule has 2 aromatic heterocycles. The van der Waals surface area contributed by atoms with Gasteiger partial charge >= 0.3 is 0 Å². The van der Waals surface area contributed by atoms with Gasteiger partial charge in [-0.2, -0.15) is 5.10 Å². The van der Waals surface area contributed by atoms with Gasteiger partial charge in [0.25, 0.3) is 5.91 Å². The van der Waals surface area contributed by atoms with Crippen molar-refractivity contribution in [3.63, 3.8) is 0 Å². The highest BCUT2D eigenvalue weighted by Gasteiger charge is 2.17. The van der Waals surface area contributed by atoms with Gasteiger partial charge in [0, 0.05) is 25.4 Å². The van der Waals surface area contributed by atoms with Crippen molar-refractivity contribution in [2.75, 3.05) is 13.7 Å². The van der Waals surface area contributed by atoms with Gasteiger partial charge in [-0.05, 0) is 25.1 Å². The van der Waals surface area contributed by atoms with Crippen LogP contribution >= 0.6 is 11.3 Å². The Kier molecular flexibility index (Phi) is 5.08. The first-order valence-corrected chi connectivity index (χ1v) is 9.84. The number of thiazole rings is 1. The molecule has 0 spiro atoms. The molecule has 0 bridgehead atoms. The second-order valence-corrected chi connectivity index (χ2v) is 7.35. The van der Waals surface area contributed by atoms with E-state index in [-0.39, 0.29) is 5.91 Å². The Morgan fingerprint density at radius 1 is 1.18 bits per heavy atom. The molecule has 2 heterocycles. The number of rotatable bonds is 6. The van der Waals surface area contributed by atoms with Gasteiger partial charge in [-0.25, -0.2) is 9.67 Å². The van der Waals surface area contributed by atoms with Crippen molar-refractivity contribution in [1.82, 2.24) is 19.7 Å². The van der Waals surface area contributed by atoms with E-state index in [9.17, 15) is 4.79 Å². The zero-order valence-corrected chi connectivity index (χ0v) is 16.5. The number of nitrogens with zero attached hydrogens (tertiary/aromatic N) is 4. The number of hydrogen-bond acceptors (Lipinski definition) is 5. The minimum Gasteiger partial charge on any atom is -0.494 e. The van der Waals surface area contributed by atoms with Gasteiger partial charge < -0.3 is 9.64 Å². The molecule has 0 unspecified atom stereocenters. The molecule has 0 saturated carbocycles. The quantitative estimate of drug-likeness (QED) is 0.494. The fourth-order valence-corrected chi connectivity index (χ4v) is 3.87. The second kappa shape index (κ2) is 7.82. The number of benzene rings is 2. The van der Waals surface area contributed by atoms with E-state index in [1.807, 2.05) is 55.5 Å². The van der Waals surface area contributed by atoms with Gasteiger partial charge in [-0.3, -0.25) is 4.79 Å². The molecule has 0 saturated heterocycles. The highest BCUT2D eigenvalue weighted by Crippen LogP contribution is 2.25. The Morgan fingerprint density at radius 2 is 1.96 bits per heavy atom. The van der Waals surface area contributed by atoms with Crippen LogP contribution in [0.4, 0.5) is 0 Å². The first-order valence-electron chi connectivity index (χ1n) is 9.02. The average Bonchev–Trinajstić information content (AvgIpc) is 3.36. The molecule has 7 heteroatoms. The third kappa shape index (κ3) is 3.61. The number of hydrogen-bond donors (Lipinski definition) is 0. The van der Waals surface area contributed by atoms with Crippen LogP contribution in [-0.2, 0) is 6.54 Å². The summed E-state index contributed by atoms with van der Waals surface area (Å²) in [6.07, 6.45) is 3.31. The lowest BCUT2D eigenvalue weighted by molar-refractivity contribution is 0.0784. The predicted molar refractivity (Wildman–Crippen MR) is 110 cm³/mol. The lowest BCUT2D eigenvalue weighted by Crippen LogP contribution is -2.26. The Morgan fingerprint density at radius 3 is 2.79 bits per heavy atom. The highest BCUT2D eigenvalue weighted by molar-refractivity contribution is 7.20. The number of aromatic nitrogens is 3. The summed E-state index contributed by atoms with van der Waals surface area (Å²) < 4.78 is 8.39. The van der Waals surface area contributed by atoms with Crippen LogP contribution in [0.1, 0.15) is 22.8 Å². The van der Waals surface area contributed by atoms with E-state index in [1.54, 1.807) is 40.4 Å².